The normalized spacial score (nSPS) is 25.7. The van der Waals surface area contributed by atoms with Crippen LogP contribution in [0.15, 0.2) is 30.3 Å². The smallest absolute Gasteiger partial charge is 0.318 e. The highest BCUT2D eigenvalue weighted by molar-refractivity contribution is 5.75. The van der Waals surface area contributed by atoms with Gasteiger partial charge in [-0.15, -0.1) is 0 Å². The number of carbonyl (C=O) groups excluding carboxylic acids is 1. The van der Waals surface area contributed by atoms with E-state index in [-0.39, 0.29) is 6.03 Å². The fourth-order valence-corrected chi connectivity index (χ4v) is 3.42. The number of likely N-dealkylation sites (tertiary alicyclic amines) is 1. The fourth-order valence-electron chi connectivity index (χ4n) is 3.42. The predicted molar refractivity (Wildman–Crippen MR) is 88.6 cm³/mol. The Kier molecular flexibility index (Phi) is 4.67. The average molecular weight is 301 g/mol. The highest BCUT2D eigenvalue weighted by atomic mass is 16.2. The zero-order valence-electron chi connectivity index (χ0n) is 13.7. The summed E-state index contributed by atoms with van der Waals surface area (Å²) in [5, 5.41) is 3.12. The molecular weight excluding hydrogens is 274 g/mol. The molecule has 0 radical (unpaired) electrons. The standard InChI is InChI=1S/C18H27N3O/c1-14-12-17(14)21(16-8-10-20(2)11-9-16)18(22)19-13-15-6-4-3-5-7-15/h3-7,14,16-17H,8-13H2,1-2H3,(H,19,22). The van der Waals surface area contributed by atoms with Crippen LogP contribution in [0.25, 0.3) is 0 Å². The van der Waals surface area contributed by atoms with E-state index in [1.807, 2.05) is 18.2 Å². The highest BCUT2D eigenvalue weighted by Gasteiger charge is 2.44. The molecule has 0 bridgehead atoms. The molecule has 2 atom stereocenters. The van der Waals surface area contributed by atoms with Crippen molar-refractivity contribution in [1.29, 1.82) is 0 Å². The first-order chi connectivity index (χ1) is 10.6. The Bertz CT molecular complexity index is 496. The van der Waals surface area contributed by atoms with Gasteiger partial charge in [-0.25, -0.2) is 4.79 Å². The molecule has 1 saturated heterocycles. The lowest BCUT2D eigenvalue weighted by Gasteiger charge is -2.37. The van der Waals surface area contributed by atoms with E-state index in [0.717, 1.165) is 37.9 Å². The minimum Gasteiger partial charge on any atom is -0.334 e. The monoisotopic (exact) mass is 301 g/mol. The zero-order chi connectivity index (χ0) is 15.5. The number of hydrogen-bond acceptors (Lipinski definition) is 2. The van der Waals surface area contributed by atoms with Crippen LogP contribution in [0.1, 0.15) is 31.7 Å². The molecule has 1 saturated carbocycles. The summed E-state index contributed by atoms with van der Waals surface area (Å²) in [6.07, 6.45) is 3.35. The van der Waals surface area contributed by atoms with Crippen molar-refractivity contribution in [2.24, 2.45) is 5.92 Å². The molecule has 0 spiro atoms. The Morgan fingerprint density at radius 2 is 1.91 bits per heavy atom. The van der Waals surface area contributed by atoms with Crippen molar-refractivity contribution in [2.75, 3.05) is 20.1 Å². The molecule has 1 aliphatic carbocycles. The van der Waals surface area contributed by atoms with E-state index in [9.17, 15) is 4.79 Å². The molecule has 1 aromatic rings. The van der Waals surface area contributed by atoms with Crippen LogP contribution < -0.4 is 5.32 Å². The summed E-state index contributed by atoms with van der Waals surface area (Å²) in [4.78, 5) is 17.2. The number of hydrogen-bond donors (Lipinski definition) is 1. The second-order valence-corrected chi connectivity index (χ2v) is 6.87. The summed E-state index contributed by atoms with van der Waals surface area (Å²) in [6, 6.07) is 11.1. The number of carbonyl (C=O) groups is 1. The first kappa shape index (κ1) is 15.3. The van der Waals surface area contributed by atoms with E-state index in [1.165, 1.54) is 0 Å². The topological polar surface area (TPSA) is 35.6 Å². The number of nitrogens with one attached hydrogen (secondary N) is 1. The van der Waals surface area contributed by atoms with Crippen LogP contribution in [-0.2, 0) is 6.54 Å². The Morgan fingerprint density at radius 1 is 1.27 bits per heavy atom. The number of amides is 2. The molecule has 2 amide bonds. The van der Waals surface area contributed by atoms with Crippen molar-refractivity contribution in [2.45, 2.75) is 44.8 Å². The molecule has 120 valence electrons. The van der Waals surface area contributed by atoms with Crippen LogP contribution in [0.5, 0.6) is 0 Å². The lowest BCUT2D eigenvalue weighted by atomic mass is 10.0. The van der Waals surface area contributed by atoms with E-state index < -0.39 is 0 Å². The van der Waals surface area contributed by atoms with Gasteiger partial charge in [-0.05, 0) is 50.9 Å². The highest BCUT2D eigenvalue weighted by Crippen LogP contribution is 2.38. The molecule has 1 heterocycles. The van der Waals surface area contributed by atoms with Gasteiger partial charge in [0, 0.05) is 18.6 Å². The molecule has 2 aliphatic rings. The third kappa shape index (κ3) is 3.61. The molecule has 2 fully saturated rings. The van der Waals surface area contributed by atoms with Crippen molar-refractivity contribution in [1.82, 2.24) is 15.1 Å². The van der Waals surface area contributed by atoms with Gasteiger partial charge < -0.3 is 15.1 Å². The van der Waals surface area contributed by atoms with Crippen LogP contribution in [0.2, 0.25) is 0 Å². The first-order valence-electron chi connectivity index (χ1n) is 8.44. The zero-order valence-corrected chi connectivity index (χ0v) is 13.7. The van der Waals surface area contributed by atoms with Gasteiger partial charge in [0.25, 0.3) is 0 Å². The summed E-state index contributed by atoms with van der Waals surface area (Å²) < 4.78 is 0. The van der Waals surface area contributed by atoms with Crippen molar-refractivity contribution in [3.8, 4) is 0 Å². The van der Waals surface area contributed by atoms with E-state index in [2.05, 4.69) is 41.2 Å². The first-order valence-corrected chi connectivity index (χ1v) is 8.44. The number of piperidine rings is 1. The van der Waals surface area contributed by atoms with Crippen molar-refractivity contribution < 1.29 is 4.79 Å². The van der Waals surface area contributed by atoms with Gasteiger partial charge in [-0.3, -0.25) is 0 Å². The molecule has 1 aliphatic heterocycles. The van der Waals surface area contributed by atoms with E-state index >= 15 is 0 Å². The quantitative estimate of drug-likeness (QED) is 0.928. The number of benzene rings is 1. The maximum Gasteiger partial charge on any atom is 0.318 e. The van der Waals surface area contributed by atoms with E-state index in [0.29, 0.717) is 24.5 Å². The molecule has 1 N–H and O–H groups in total. The van der Waals surface area contributed by atoms with Crippen LogP contribution in [0.3, 0.4) is 0 Å². The molecule has 2 unspecified atom stereocenters. The molecule has 0 aromatic heterocycles. The molecule has 22 heavy (non-hydrogen) atoms. The number of rotatable bonds is 4. The third-order valence-corrected chi connectivity index (χ3v) is 5.03. The van der Waals surface area contributed by atoms with Gasteiger partial charge in [-0.1, -0.05) is 37.3 Å². The van der Waals surface area contributed by atoms with Crippen LogP contribution >= 0.6 is 0 Å². The van der Waals surface area contributed by atoms with Crippen LogP contribution in [-0.4, -0.2) is 48.1 Å². The SMILES string of the molecule is CC1CC1N(C(=O)NCc1ccccc1)C1CCN(C)CC1. The Labute approximate surface area is 133 Å². The third-order valence-electron chi connectivity index (χ3n) is 5.03. The number of urea groups is 1. The van der Waals surface area contributed by atoms with Crippen molar-refractivity contribution in [3.05, 3.63) is 35.9 Å². The second-order valence-electron chi connectivity index (χ2n) is 6.87. The van der Waals surface area contributed by atoms with Gasteiger partial charge in [0.15, 0.2) is 0 Å². The average Bonchev–Trinajstić information content (AvgIpc) is 3.25. The fraction of sp³-hybridized carbons (Fsp3) is 0.611. The summed E-state index contributed by atoms with van der Waals surface area (Å²) in [6.45, 7) is 5.05. The lowest BCUT2D eigenvalue weighted by Crippen LogP contribution is -2.51. The van der Waals surface area contributed by atoms with E-state index in [1.54, 1.807) is 0 Å². The van der Waals surface area contributed by atoms with Gasteiger partial charge in [0.2, 0.25) is 0 Å². The summed E-state index contributed by atoms with van der Waals surface area (Å²) in [5.41, 5.74) is 1.16. The molecule has 4 heteroatoms. The van der Waals surface area contributed by atoms with Gasteiger partial charge in [-0.2, -0.15) is 0 Å². The molecule has 4 nitrogen and oxygen atoms in total. The minimum atomic E-state index is 0.118. The van der Waals surface area contributed by atoms with Gasteiger partial charge in [0.1, 0.15) is 0 Å². The molecule has 1 aromatic carbocycles. The maximum atomic E-state index is 12.7. The summed E-state index contributed by atoms with van der Waals surface area (Å²) in [5.74, 6) is 0.655. The van der Waals surface area contributed by atoms with E-state index in [4.69, 9.17) is 0 Å². The Hall–Kier alpha value is -1.55. The van der Waals surface area contributed by atoms with Gasteiger partial charge in [0.05, 0.1) is 0 Å². The largest absolute Gasteiger partial charge is 0.334 e. The summed E-state index contributed by atoms with van der Waals surface area (Å²) in [7, 11) is 2.16. The second kappa shape index (κ2) is 6.69. The minimum absolute atomic E-state index is 0.118. The molecule has 3 rings (SSSR count). The summed E-state index contributed by atoms with van der Waals surface area (Å²) >= 11 is 0. The van der Waals surface area contributed by atoms with Crippen molar-refractivity contribution >= 4 is 6.03 Å². The van der Waals surface area contributed by atoms with Crippen LogP contribution in [0.4, 0.5) is 4.79 Å². The predicted octanol–water partition coefficient (Wildman–Crippen LogP) is 2.70. The Balaban J connectivity index is 1.60. The molecular formula is C18H27N3O. The lowest BCUT2D eigenvalue weighted by molar-refractivity contribution is 0.123. The van der Waals surface area contributed by atoms with Crippen molar-refractivity contribution in [3.63, 3.8) is 0 Å². The van der Waals surface area contributed by atoms with Gasteiger partial charge >= 0.3 is 6.03 Å². The van der Waals surface area contributed by atoms with Crippen LogP contribution in [0, 0.1) is 5.92 Å². The number of nitrogens with zero attached hydrogens (tertiary/aromatic N) is 2. The maximum absolute atomic E-state index is 12.7. The Morgan fingerprint density at radius 3 is 2.50 bits per heavy atom.